The molecule has 1 unspecified atom stereocenters. The van der Waals surface area contributed by atoms with E-state index in [0.29, 0.717) is 31.8 Å². The van der Waals surface area contributed by atoms with Gasteiger partial charge in [0, 0.05) is 32.0 Å². The average Bonchev–Trinajstić information content (AvgIpc) is 3.35. The van der Waals surface area contributed by atoms with Gasteiger partial charge in [-0.05, 0) is 28.8 Å². The third-order valence-corrected chi connectivity index (χ3v) is 6.65. The molecule has 2 saturated heterocycles. The summed E-state index contributed by atoms with van der Waals surface area (Å²) in [6.07, 6.45) is 0.432. The molecule has 32 heavy (non-hydrogen) atoms. The fraction of sp³-hybridized carbons (Fsp3) is 0.375. The monoisotopic (exact) mass is 432 g/mol. The van der Waals surface area contributed by atoms with Gasteiger partial charge in [0.2, 0.25) is 5.91 Å². The van der Waals surface area contributed by atoms with Gasteiger partial charge in [0.05, 0.1) is 30.7 Å². The number of benzene rings is 2. The van der Waals surface area contributed by atoms with Crippen molar-refractivity contribution < 1.29 is 13.9 Å². The molecule has 1 amide bonds. The maximum absolute atomic E-state index is 12.8. The van der Waals surface area contributed by atoms with Crippen molar-refractivity contribution in [3.05, 3.63) is 58.6 Å². The number of nitriles is 1. The number of ether oxygens (including phenoxy) is 1. The van der Waals surface area contributed by atoms with Crippen molar-refractivity contribution in [2.75, 3.05) is 26.3 Å². The molecule has 2 aromatic carbocycles. The number of oxazole rings is 1. The van der Waals surface area contributed by atoms with Crippen LogP contribution in [-0.4, -0.2) is 42.8 Å². The van der Waals surface area contributed by atoms with E-state index in [1.165, 1.54) is 4.57 Å². The van der Waals surface area contributed by atoms with E-state index in [9.17, 15) is 14.9 Å². The minimum absolute atomic E-state index is 0.0829. The van der Waals surface area contributed by atoms with Crippen LogP contribution in [0.2, 0.25) is 0 Å². The SMILES string of the molecule is Cn1c(=O)oc2ccc(-c3ccc(C[C@H](C#N)NC(=O)C4CNCC45COC5)cc3)cc21. The normalized spacial score (nSPS) is 20.1. The highest BCUT2D eigenvalue weighted by atomic mass is 16.5. The Morgan fingerprint density at radius 1 is 1.28 bits per heavy atom. The van der Waals surface area contributed by atoms with Gasteiger partial charge in [-0.1, -0.05) is 30.3 Å². The van der Waals surface area contributed by atoms with E-state index >= 15 is 0 Å². The van der Waals surface area contributed by atoms with Gasteiger partial charge in [-0.3, -0.25) is 9.36 Å². The number of rotatable bonds is 5. The van der Waals surface area contributed by atoms with Crippen LogP contribution in [0.25, 0.3) is 22.2 Å². The molecule has 1 aromatic heterocycles. The second-order valence-electron chi connectivity index (χ2n) is 8.74. The predicted molar refractivity (Wildman–Crippen MR) is 118 cm³/mol. The summed E-state index contributed by atoms with van der Waals surface area (Å²) >= 11 is 0. The summed E-state index contributed by atoms with van der Waals surface area (Å²) in [6, 6.07) is 15.1. The van der Waals surface area contributed by atoms with Gasteiger partial charge in [0.25, 0.3) is 0 Å². The van der Waals surface area contributed by atoms with Gasteiger partial charge in [0.1, 0.15) is 6.04 Å². The largest absolute Gasteiger partial charge is 0.419 e. The number of amides is 1. The highest BCUT2D eigenvalue weighted by Crippen LogP contribution is 2.38. The predicted octanol–water partition coefficient (Wildman–Crippen LogP) is 1.59. The molecular weight excluding hydrogens is 408 g/mol. The molecule has 164 valence electrons. The fourth-order valence-corrected chi connectivity index (χ4v) is 4.62. The van der Waals surface area contributed by atoms with Crippen molar-refractivity contribution in [1.29, 1.82) is 5.26 Å². The number of aryl methyl sites for hydroxylation is 1. The number of carbonyl (C=O) groups is 1. The van der Waals surface area contributed by atoms with Crippen molar-refractivity contribution in [3.63, 3.8) is 0 Å². The van der Waals surface area contributed by atoms with Crippen LogP contribution in [0.3, 0.4) is 0 Å². The van der Waals surface area contributed by atoms with Crippen LogP contribution in [0.15, 0.2) is 51.7 Å². The van der Waals surface area contributed by atoms with Crippen molar-refractivity contribution in [1.82, 2.24) is 15.2 Å². The summed E-state index contributed by atoms with van der Waals surface area (Å²) in [5.74, 6) is -0.634. The number of nitrogens with one attached hydrogen (secondary N) is 2. The zero-order valence-electron chi connectivity index (χ0n) is 17.8. The lowest BCUT2D eigenvalue weighted by atomic mass is 9.75. The molecular formula is C24H24N4O4. The summed E-state index contributed by atoms with van der Waals surface area (Å²) in [5.41, 5.74) is 4.09. The van der Waals surface area contributed by atoms with Crippen molar-refractivity contribution in [2.45, 2.75) is 12.5 Å². The Morgan fingerprint density at radius 3 is 2.72 bits per heavy atom. The molecule has 1 spiro atoms. The summed E-state index contributed by atoms with van der Waals surface area (Å²) in [7, 11) is 1.68. The first-order valence-electron chi connectivity index (χ1n) is 10.7. The third kappa shape index (κ3) is 3.49. The van der Waals surface area contributed by atoms with Crippen molar-refractivity contribution in [2.24, 2.45) is 18.4 Å². The average molecular weight is 432 g/mol. The van der Waals surface area contributed by atoms with Crippen molar-refractivity contribution in [3.8, 4) is 17.2 Å². The van der Waals surface area contributed by atoms with E-state index in [1.54, 1.807) is 13.1 Å². The number of fused-ring (bicyclic) bond motifs is 1. The standard InChI is InChI=1S/C24H24N4O4/c1-28-20-9-17(6-7-21(20)32-23(28)30)16-4-2-15(3-5-16)8-18(10-25)27-22(29)19-11-26-12-24(19)13-31-14-24/h2-7,9,18-19,26H,8,11-14H2,1H3,(H,27,29)/t18-,19?/m1/s1. The lowest BCUT2D eigenvalue weighted by molar-refractivity contribution is -0.150. The highest BCUT2D eigenvalue weighted by molar-refractivity contribution is 5.81. The zero-order valence-corrected chi connectivity index (χ0v) is 17.8. The molecule has 3 aromatic rings. The number of aromatic nitrogens is 1. The van der Waals surface area contributed by atoms with Gasteiger partial charge in [-0.15, -0.1) is 0 Å². The van der Waals surface area contributed by atoms with Gasteiger partial charge in [-0.25, -0.2) is 4.79 Å². The molecule has 0 radical (unpaired) electrons. The highest BCUT2D eigenvalue weighted by Gasteiger charge is 2.52. The lowest BCUT2D eigenvalue weighted by Gasteiger charge is -2.41. The van der Waals surface area contributed by atoms with E-state index in [-0.39, 0.29) is 23.0 Å². The lowest BCUT2D eigenvalue weighted by Crippen LogP contribution is -2.54. The molecule has 0 aliphatic carbocycles. The van der Waals surface area contributed by atoms with Crippen LogP contribution in [0.1, 0.15) is 5.56 Å². The first-order valence-corrected chi connectivity index (χ1v) is 10.7. The molecule has 0 bridgehead atoms. The van der Waals surface area contributed by atoms with Gasteiger partial charge >= 0.3 is 5.76 Å². The van der Waals surface area contributed by atoms with Crippen LogP contribution < -0.4 is 16.4 Å². The molecule has 3 heterocycles. The Bertz CT molecular complexity index is 1260. The molecule has 0 saturated carbocycles. The summed E-state index contributed by atoms with van der Waals surface area (Å²) in [6.45, 7) is 2.59. The molecule has 2 N–H and O–H groups in total. The second-order valence-corrected chi connectivity index (χ2v) is 8.74. The van der Waals surface area contributed by atoms with E-state index in [1.807, 2.05) is 36.4 Å². The Morgan fingerprint density at radius 2 is 2.03 bits per heavy atom. The topological polar surface area (TPSA) is 109 Å². The van der Waals surface area contributed by atoms with Gasteiger partial charge in [0.15, 0.2) is 5.58 Å². The summed E-state index contributed by atoms with van der Waals surface area (Å²) < 4.78 is 12.0. The zero-order chi connectivity index (χ0) is 22.3. The molecule has 8 heteroatoms. The van der Waals surface area contributed by atoms with Crippen LogP contribution in [0, 0.1) is 22.7 Å². The van der Waals surface area contributed by atoms with E-state index < -0.39 is 6.04 Å². The summed E-state index contributed by atoms with van der Waals surface area (Å²) in [4.78, 5) is 24.5. The molecule has 8 nitrogen and oxygen atoms in total. The van der Waals surface area contributed by atoms with Gasteiger partial charge < -0.3 is 19.8 Å². The van der Waals surface area contributed by atoms with Crippen LogP contribution in [-0.2, 0) is 23.0 Å². The Hall–Kier alpha value is -3.41. The molecule has 2 aliphatic heterocycles. The maximum atomic E-state index is 12.8. The van der Waals surface area contributed by atoms with Gasteiger partial charge in [-0.2, -0.15) is 5.26 Å². The Kier molecular flexibility index (Phi) is 5.08. The minimum atomic E-state index is -0.594. The fourth-order valence-electron chi connectivity index (χ4n) is 4.62. The first kappa shape index (κ1) is 20.5. The van der Waals surface area contributed by atoms with E-state index in [2.05, 4.69) is 16.7 Å². The number of carbonyl (C=O) groups excluding carboxylic acids is 1. The first-order chi connectivity index (χ1) is 15.5. The van der Waals surface area contributed by atoms with E-state index in [4.69, 9.17) is 9.15 Å². The molecule has 5 rings (SSSR count). The number of nitrogens with zero attached hydrogens (tertiary/aromatic N) is 2. The Labute approximate surface area is 184 Å². The molecule has 2 aliphatic rings. The van der Waals surface area contributed by atoms with E-state index in [0.717, 1.165) is 28.8 Å². The van der Waals surface area contributed by atoms with Crippen LogP contribution >= 0.6 is 0 Å². The van der Waals surface area contributed by atoms with Crippen LogP contribution in [0.4, 0.5) is 0 Å². The minimum Gasteiger partial charge on any atom is -0.408 e. The second kappa shape index (κ2) is 7.93. The number of hydrogen-bond donors (Lipinski definition) is 2. The Balaban J connectivity index is 1.27. The summed E-state index contributed by atoms with van der Waals surface area (Å²) in [5, 5.41) is 15.8. The molecule has 2 fully saturated rings. The van der Waals surface area contributed by atoms with Crippen LogP contribution in [0.5, 0.6) is 0 Å². The molecule has 2 atom stereocenters. The quantitative estimate of drug-likeness (QED) is 0.634. The third-order valence-electron chi connectivity index (χ3n) is 6.65. The number of hydrogen-bond acceptors (Lipinski definition) is 6. The van der Waals surface area contributed by atoms with Crippen molar-refractivity contribution >= 4 is 17.0 Å². The maximum Gasteiger partial charge on any atom is 0.419 e. The smallest absolute Gasteiger partial charge is 0.408 e.